The van der Waals surface area contributed by atoms with Crippen LogP contribution in [0.3, 0.4) is 0 Å². The average Bonchev–Trinajstić information content (AvgIpc) is 2.72. The Morgan fingerprint density at radius 3 is 2.94 bits per heavy atom. The zero-order valence-electron chi connectivity index (χ0n) is 10.3. The van der Waals surface area contributed by atoms with E-state index in [0.717, 1.165) is 23.0 Å². The topological polar surface area (TPSA) is 48.2 Å². The van der Waals surface area contributed by atoms with Crippen LogP contribution in [0.15, 0.2) is 23.2 Å². The number of nitriles is 1. The van der Waals surface area contributed by atoms with Crippen LogP contribution in [0.2, 0.25) is 5.02 Å². The Hall–Kier alpha value is -1.18. The first-order valence-corrected chi connectivity index (χ1v) is 7.12. The Bertz CT molecular complexity index is 536. The number of amidine groups is 1. The minimum absolute atomic E-state index is 0.0311. The zero-order valence-corrected chi connectivity index (χ0v) is 11.9. The van der Waals surface area contributed by atoms with Gasteiger partial charge in [0.15, 0.2) is 5.17 Å². The molecule has 0 aromatic heterocycles. The van der Waals surface area contributed by atoms with Crippen molar-refractivity contribution in [1.29, 1.82) is 5.26 Å². The SMILES string of the molecule is CCC1(C)CSC(Nc2ccc(C#N)c(Cl)c2)=N1. The molecule has 1 aromatic carbocycles. The van der Waals surface area contributed by atoms with Gasteiger partial charge in [0.25, 0.3) is 0 Å². The minimum atomic E-state index is 0.0311. The second-order valence-electron chi connectivity index (χ2n) is 4.49. The van der Waals surface area contributed by atoms with Crippen molar-refractivity contribution in [1.82, 2.24) is 0 Å². The summed E-state index contributed by atoms with van der Waals surface area (Å²) in [6.45, 7) is 4.30. The summed E-state index contributed by atoms with van der Waals surface area (Å²) in [5, 5.41) is 13.4. The van der Waals surface area contributed by atoms with E-state index < -0.39 is 0 Å². The molecule has 2 rings (SSSR count). The van der Waals surface area contributed by atoms with Crippen LogP contribution >= 0.6 is 23.4 Å². The number of rotatable bonds is 2. The molecule has 1 aliphatic rings. The van der Waals surface area contributed by atoms with Crippen molar-refractivity contribution in [2.75, 3.05) is 11.1 Å². The summed E-state index contributed by atoms with van der Waals surface area (Å²) in [6, 6.07) is 7.35. The Morgan fingerprint density at radius 2 is 2.39 bits per heavy atom. The molecule has 1 atom stereocenters. The maximum absolute atomic E-state index is 8.81. The lowest BCUT2D eigenvalue weighted by atomic mass is 10.0. The third-order valence-electron chi connectivity index (χ3n) is 2.99. The maximum atomic E-state index is 8.81. The number of hydrogen-bond donors (Lipinski definition) is 1. The van der Waals surface area contributed by atoms with Gasteiger partial charge in [-0.15, -0.1) is 0 Å². The second kappa shape index (κ2) is 5.21. The van der Waals surface area contributed by atoms with Crippen LogP contribution in [0, 0.1) is 11.3 Å². The molecule has 1 aromatic rings. The fourth-order valence-electron chi connectivity index (χ4n) is 1.59. The molecule has 1 unspecified atom stereocenters. The van der Waals surface area contributed by atoms with Crippen molar-refractivity contribution in [2.24, 2.45) is 4.99 Å². The normalized spacial score (nSPS) is 22.4. The van der Waals surface area contributed by atoms with Gasteiger partial charge in [0.1, 0.15) is 6.07 Å². The number of hydrogen-bond acceptors (Lipinski definition) is 4. The molecule has 0 fully saturated rings. The van der Waals surface area contributed by atoms with Gasteiger partial charge in [-0.25, -0.2) is 0 Å². The molecule has 1 N–H and O–H groups in total. The lowest BCUT2D eigenvalue weighted by Gasteiger charge is -2.15. The van der Waals surface area contributed by atoms with Crippen LogP contribution < -0.4 is 5.32 Å². The number of anilines is 1. The van der Waals surface area contributed by atoms with E-state index in [4.69, 9.17) is 16.9 Å². The van der Waals surface area contributed by atoms with Gasteiger partial charge in [-0.05, 0) is 31.5 Å². The van der Waals surface area contributed by atoms with Crippen LogP contribution in [0.25, 0.3) is 0 Å². The monoisotopic (exact) mass is 279 g/mol. The Labute approximate surface area is 116 Å². The van der Waals surface area contributed by atoms with Crippen LogP contribution in [0.4, 0.5) is 5.69 Å². The van der Waals surface area contributed by atoms with Crippen molar-refractivity contribution in [3.63, 3.8) is 0 Å². The quantitative estimate of drug-likeness (QED) is 0.893. The fourth-order valence-corrected chi connectivity index (χ4v) is 3.00. The van der Waals surface area contributed by atoms with E-state index in [2.05, 4.69) is 24.2 Å². The van der Waals surface area contributed by atoms with Crippen LogP contribution in [0.1, 0.15) is 25.8 Å². The summed E-state index contributed by atoms with van der Waals surface area (Å²) < 4.78 is 0. The number of benzene rings is 1. The predicted octanol–water partition coefficient (Wildman–Crippen LogP) is 3.90. The number of nitrogens with zero attached hydrogens (tertiary/aromatic N) is 2. The summed E-state index contributed by atoms with van der Waals surface area (Å²) in [6.07, 6.45) is 1.03. The minimum Gasteiger partial charge on any atom is -0.335 e. The summed E-state index contributed by atoms with van der Waals surface area (Å²) in [5.41, 5.74) is 1.39. The highest BCUT2D eigenvalue weighted by Gasteiger charge is 2.28. The molecule has 0 aliphatic carbocycles. The molecule has 0 bridgehead atoms. The molecule has 0 saturated heterocycles. The van der Waals surface area contributed by atoms with E-state index >= 15 is 0 Å². The fraction of sp³-hybridized carbons (Fsp3) is 0.385. The molecule has 5 heteroatoms. The van der Waals surface area contributed by atoms with Gasteiger partial charge in [-0.1, -0.05) is 30.3 Å². The second-order valence-corrected chi connectivity index (χ2v) is 5.86. The Balaban J connectivity index is 2.14. The predicted molar refractivity (Wildman–Crippen MR) is 78.4 cm³/mol. The van der Waals surface area contributed by atoms with Gasteiger partial charge >= 0.3 is 0 Å². The molecule has 0 radical (unpaired) electrons. The van der Waals surface area contributed by atoms with Gasteiger partial charge in [-0.2, -0.15) is 5.26 Å². The molecule has 1 aliphatic heterocycles. The third kappa shape index (κ3) is 2.80. The largest absolute Gasteiger partial charge is 0.335 e. The lowest BCUT2D eigenvalue weighted by Crippen LogP contribution is -2.20. The van der Waals surface area contributed by atoms with Crippen LogP contribution in [-0.4, -0.2) is 16.5 Å². The molecule has 0 amide bonds. The number of thioether (sulfide) groups is 1. The number of halogens is 1. The first kappa shape index (κ1) is 13.3. The van der Waals surface area contributed by atoms with Crippen molar-refractivity contribution in [3.05, 3.63) is 28.8 Å². The van der Waals surface area contributed by atoms with Crippen molar-refractivity contribution < 1.29 is 0 Å². The van der Waals surface area contributed by atoms with Gasteiger partial charge in [0.05, 0.1) is 16.1 Å². The van der Waals surface area contributed by atoms with E-state index in [1.807, 2.05) is 12.1 Å². The maximum Gasteiger partial charge on any atom is 0.161 e. The van der Waals surface area contributed by atoms with Crippen molar-refractivity contribution >= 4 is 34.2 Å². The van der Waals surface area contributed by atoms with Crippen molar-refractivity contribution in [2.45, 2.75) is 25.8 Å². The molecule has 3 nitrogen and oxygen atoms in total. The zero-order chi connectivity index (χ0) is 13.2. The molecule has 1 heterocycles. The van der Waals surface area contributed by atoms with Crippen LogP contribution in [0.5, 0.6) is 0 Å². The van der Waals surface area contributed by atoms with E-state index in [-0.39, 0.29) is 5.54 Å². The average molecular weight is 280 g/mol. The molecular weight excluding hydrogens is 266 g/mol. The summed E-state index contributed by atoms with van der Waals surface area (Å²) in [4.78, 5) is 4.67. The van der Waals surface area contributed by atoms with E-state index in [1.54, 1.807) is 23.9 Å². The lowest BCUT2D eigenvalue weighted by molar-refractivity contribution is 0.523. The Morgan fingerprint density at radius 1 is 1.61 bits per heavy atom. The summed E-state index contributed by atoms with van der Waals surface area (Å²) >= 11 is 7.70. The van der Waals surface area contributed by atoms with Gasteiger partial charge in [0.2, 0.25) is 0 Å². The van der Waals surface area contributed by atoms with E-state index in [0.29, 0.717) is 10.6 Å². The number of aliphatic imine (C=N–C) groups is 1. The van der Waals surface area contributed by atoms with E-state index in [1.165, 1.54) is 0 Å². The highest BCUT2D eigenvalue weighted by atomic mass is 35.5. The highest BCUT2D eigenvalue weighted by Crippen LogP contribution is 2.31. The molecule has 18 heavy (non-hydrogen) atoms. The van der Waals surface area contributed by atoms with E-state index in [9.17, 15) is 0 Å². The molecule has 94 valence electrons. The van der Waals surface area contributed by atoms with Gasteiger partial charge < -0.3 is 5.32 Å². The Kier molecular flexibility index (Phi) is 3.84. The first-order valence-electron chi connectivity index (χ1n) is 5.75. The molecular formula is C13H14ClN3S. The highest BCUT2D eigenvalue weighted by molar-refractivity contribution is 8.14. The number of nitrogens with one attached hydrogen (secondary N) is 1. The molecule has 0 saturated carbocycles. The standard InChI is InChI=1S/C13H14ClN3S/c1-3-13(2)8-18-12(17-13)16-10-5-4-9(7-15)11(14)6-10/h4-6H,3,8H2,1-2H3,(H,16,17). The molecule has 0 spiro atoms. The van der Waals surface area contributed by atoms with Gasteiger partial charge in [0, 0.05) is 11.4 Å². The third-order valence-corrected chi connectivity index (χ3v) is 4.54. The van der Waals surface area contributed by atoms with Crippen LogP contribution in [-0.2, 0) is 0 Å². The van der Waals surface area contributed by atoms with Gasteiger partial charge in [-0.3, -0.25) is 4.99 Å². The summed E-state index contributed by atoms with van der Waals surface area (Å²) in [5.74, 6) is 0.996. The summed E-state index contributed by atoms with van der Waals surface area (Å²) in [7, 11) is 0. The van der Waals surface area contributed by atoms with Crippen molar-refractivity contribution in [3.8, 4) is 6.07 Å². The first-order chi connectivity index (χ1) is 8.56. The smallest absolute Gasteiger partial charge is 0.161 e.